The van der Waals surface area contributed by atoms with Crippen molar-refractivity contribution in [2.45, 2.75) is 72.6 Å². The first-order valence-electron chi connectivity index (χ1n) is 16.0. The highest BCUT2D eigenvalue weighted by Gasteiger charge is 2.48. The first-order chi connectivity index (χ1) is 24.1. The summed E-state index contributed by atoms with van der Waals surface area (Å²) in [4.78, 5) is 53.8. The molecule has 0 saturated carbocycles. The number of aliphatic hydroxyl groups is 1. The van der Waals surface area contributed by atoms with Crippen LogP contribution in [0.3, 0.4) is 0 Å². The molecule has 0 spiro atoms. The van der Waals surface area contributed by atoms with Gasteiger partial charge >= 0.3 is 24.1 Å². The number of methoxy groups -OCH3 is 2. The number of alkyl halides is 3. The quantitative estimate of drug-likeness (QED) is 0.277. The van der Waals surface area contributed by atoms with Crippen molar-refractivity contribution in [3.05, 3.63) is 84.5 Å². The van der Waals surface area contributed by atoms with Gasteiger partial charge in [-0.15, -0.1) is 0 Å². The number of rotatable bonds is 8. The molecule has 0 aromatic carbocycles. The van der Waals surface area contributed by atoms with Crippen LogP contribution in [0, 0.1) is 6.92 Å². The Morgan fingerprint density at radius 1 is 0.804 bits per heavy atom. The molecule has 0 amide bonds. The van der Waals surface area contributed by atoms with E-state index in [2.05, 4.69) is 9.98 Å². The molecule has 1 aromatic rings. The predicted molar refractivity (Wildman–Crippen MR) is 185 cm³/mol. The molecule has 8 bridgehead atoms. The maximum atomic E-state index is 14.6. The molecule has 2 N–H and O–H groups in total. The number of aromatic nitrogens is 1. The lowest BCUT2D eigenvalue weighted by Crippen LogP contribution is -2.35. The molecule has 268 valence electrons. The van der Waals surface area contributed by atoms with Crippen molar-refractivity contribution in [3.8, 4) is 0 Å². The number of nitrogens with one attached hydrogen (secondary N) is 1. The van der Waals surface area contributed by atoms with E-state index in [1.54, 1.807) is 32.1 Å². The Kier molecular flexibility index (Phi) is 10.4. The minimum Gasteiger partial charge on any atom is -0.515 e. The Bertz CT molecular complexity index is 2150. The number of carbonyl (C=O) groups excluding carboxylic acids is 3. The number of nitrogens with zero attached hydrogens (tertiary/aromatic N) is 3. The Balaban J connectivity index is 1.83. The number of aliphatic imine (C=N–C) groups is 3. The number of aliphatic hydroxyl groups excluding tert-OH is 1. The first kappa shape index (κ1) is 36.7. The summed E-state index contributed by atoms with van der Waals surface area (Å²) in [5, 5.41) is 11.1. The van der Waals surface area contributed by atoms with Crippen LogP contribution in [0.2, 0.25) is 0 Å². The van der Waals surface area contributed by atoms with Gasteiger partial charge in [-0.3, -0.25) is 14.4 Å². The number of carbonyl (C=O) groups is 3. The molecule has 5 heterocycles. The van der Waals surface area contributed by atoms with Crippen molar-refractivity contribution in [2.24, 2.45) is 15.0 Å². The normalized spacial score (nSPS) is 18.1. The third-order valence-corrected chi connectivity index (χ3v) is 9.14. The van der Waals surface area contributed by atoms with Crippen molar-refractivity contribution in [1.29, 1.82) is 0 Å². The highest BCUT2D eigenvalue weighted by Crippen LogP contribution is 2.40. The summed E-state index contributed by atoms with van der Waals surface area (Å²) in [5.74, 6) is -1.97. The number of aromatic amines is 1. The van der Waals surface area contributed by atoms with Crippen molar-refractivity contribution in [2.75, 3.05) is 14.2 Å². The summed E-state index contributed by atoms with van der Waals surface area (Å²) >= 11 is 0. The van der Waals surface area contributed by atoms with Gasteiger partial charge in [0.05, 0.1) is 60.1 Å². The van der Waals surface area contributed by atoms with E-state index >= 15 is 0 Å². The zero-order chi connectivity index (χ0) is 37.4. The third kappa shape index (κ3) is 7.35. The fourth-order valence-corrected chi connectivity index (χ4v) is 6.32. The lowest BCUT2D eigenvalue weighted by atomic mass is 9.96. The van der Waals surface area contributed by atoms with Gasteiger partial charge in [0.25, 0.3) is 0 Å². The van der Waals surface area contributed by atoms with Crippen LogP contribution in [0.5, 0.6) is 0 Å². The summed E-state index contributed by atoms with van der Waals surface area (Å²) in [6, 6.07) is 0. The maximum Gasteiger partial charge on any atom is 0.429 e. The SMILES string of the molecule is COC(=O)CCC1=C(C)C2=NC1=CC1=NC(=CC3=NC(=Cc4[nH]c(/c(=C/O)c4C)=C2)C(C(OC(C)=O)C(F)(F)F)=C3C)C(C)=C1CCC(=O)OC. The molecule has 11 nitrogen and oxygen atoms in total. The second-order valence-corrected chi connectivity index (χ2v) is 12.3. The van der Waals surface area contributed by atoms with Crippen LogP contribution in [-0.2, 0) is 28.6 Å². The van der Waals surface area contributed by atoms with E-state index in [4.69, 9.17) is 24.2 Å². The number of halogens is 3. The third-order valence-electron chi connectivity index (χ3n) is 9.14. The standard InChI is InChI=1S/C37H37F3N4O7/c1-17-22(8-10-33(47)49-6)29-15-30-23(9-11-34(48)50-7)18(2)26(42-30)13-31-24(16-45)19(3)27(43-31)14-32-35(36(37(38,39)40)51-21(5)46)20(4)28(44-32)12-25(17)41-29/h12-16,36,43,45H,8-11H2,1-7H3/b24-16+,25-12?,30-15?,31-13?,32-14?. The highest BCUT2D eigenvalue weighted by atomic mass is 19.4. The van der Waals surface area contributed by atoms with Gasteiger partial charge in [-0.1, -0.05) is 0 Å². The van der Waals surface area contributed by atoms with Crippen molar-refractivity contribution in [1.82, 2.24) is 4.98 Å². The van der Waals surface area contributed by atoms with Gasteiger partial charge in [0, 0.05) is 36.3 Å². The van der Waals surface area contributed by atoms with E-state index in [0.29, 0.717) is 62.2 Å². The van der Waals surface area contributed by atoms with Gasteiger partial charge in [0.1, 0.15) is 0 Å². The van der Waals surface area contributed by atoms with E-state index < -0.39 is 30.2 Å². The predicted octanol–water partition coefficient (Wildman–Crippen LogP) is 5.24. The number of hydrogen-bond acceptors (Lipinski definition) is 10. The van der Waals surface area contributed by atoms with Crippen LogP contribution >= 0.6 is 0 Å². The molecular formula is C37H37F3N4O7. The van der Waals surface area contributed by atoms with E-state index in [9.17, 15) is 32.7 Å². The second kappa shape index (κ2) is 14.4. The maximum absolute atomic E-state index is 14.6. The van der Waals surface area contributed by atoms with Crippen molar-refractivity contribution >= 4 is 53.5 Å². The van der Waals surface area contributed by atoms with Crippen molar-refractivity contribution < 1.29 is 46.9 Å². The Morgan fingerprint density at radius 3 is 1.96 bits per heavy atom. The Labute approximate surface area is 291 Å². The van der Waals surface area contributed by atoms with Gasteiger partial charge in [0.2, 0.25) is 6.10 Å². The topological polar surface area (TPSA) is 152 Å². The van der Waals surface area contributed by atoms with Crippen LogP contribution in [0.25, 0.3) is 18.4 Å². The minimum atomic E-state index is -4.97. The van der Waals surface area contributed by atoms with Crippen LogP contribution in [-0.4, -0.2) is 71.6 Å². The van der Waals surface area contributed by atoms with E-state index in [1.165, 1.54) is 27.2 Å². The molecule has 0 saturated heterocycles. The molecule has 0 fully saturated rings. The fraction of sp³-hybridized carbons (Fsp3) is 0.351. The number of esters is 3. The first-order valence-corrected chi connectivity index (χ1v) is 16.0. The van der Waals surface area contributed by atoms with Crippen molar-refractivity contribution in [3.63, 3.8) is 0 Å². The second-order valence-electron chi connectivity index (χ2n) is 12.3. The van der Waals surface area contributed by atoms with Gasteiger partial charge in [-0.2, -0.15) is 13.2 Å². The molecule has 4 aliphatic heterocycles. The average Bonchev–Trinajstić information content (AvgIpc) is 3.73. The summed E-state index contributed by atoms with van der Waals surface area (Å²) in [6.07, 6.45) is 0.369. The molecule has 1 aromatic heterocycles. The number of hydrogen-bond donors (Lipinski definition) is 2. The zero-order valence-corrected chi connectivity index (χ0v) is 29.2. The van der Waals surface area contributed by atoms with E-state index in [0.717, 1.165) is 24.3 Å². The minimum absolute atomic E-state index is 0.0340. The molecular weight excluding hydrogens is 669 g/mol. The lowest BCUT2D eigenvalue weighted by molar-refractivity contribution is -0.209. The van der Waals surface area contributed by atoms with E-state index in [-0.39, 0.29) is 41.8 Å². The Hall–Kier alpha value is -5.53. The summed E-state index contributed by atoms with van der Waals surface area (Å²) in [7, 11) is 2.59. The largest absolute Gasteiger partial charge is 0.515 e. The van der Waals surface area contributed by atoms with Gasteiger partial charge in [-0.05, 0) is 98.3 Å². The number of fused-ring (bicyclic) bond motifs is 5. The van der Waals surface area contributed by atoms with Crippen LogP contribution in [0.4, 0.5) is 13.2 Å². The molecule has 1 atom stereocenters. The molecule has 0 aliphatic carbocycles. The zero-order valence-electron chi connectivity index (χ0n) is 29.2. The highest BCUT2D eigenvalue weighted by molar-refractivity contribution is 6.24. The molecule has 51 heavy (non-hydrogen) atoms. The van der Waals surface area contributed by atoms with Gasteiger partial charge in [-0.25, -0.2) is 15.0 Å². The monoisotopic (exact) mass is 706 g/mol. The van der Waals surface area contributed by atoms with E-state index in [1.807, 2.05) is 6.92 Å². The lowest BCUT2D eigenvalue weighted by Gasteiger charge is -2.22. The number of H-pyrrole nitrogens is 1. The van der Waals surface area contributed by atoms with Crippen LogP contribution < -0.4 is 10.6 Å². The smallest absolute Gasteiger partial charge is 0.429 e. The average molecular weight is 707 g/mol. The molecule has 5 rings (SSSR count). The molecule has 4 aliphatic rings. The molecule has 0 radical (unpaired) electrons. The number of allylic oxidation sites excluding steroid dienone is 7. The Morgan fingerprint density at radius 2 is 1.37 bits per heavy atom. The molecule has 1 unspecified atom stereocenters. The molecule has 14 heteroatoms. The summed E-state index contributed by atoms with van der Waals surface area (Å²) in [5.41, 5.74) is 5.41. The van der Waals surface area contributed by atoms with Gasteiger partial charge in [0.15, 0.2) is 0 Å². The van der Waals surface area contributed by atoms with Gasteiger partial charge < -0.3 is 24.3 Å². The number of ether oxygens (including phenoxy) is 3. The van der Waals surface area contributed by atoms with Crippen LogP contribution in [0.1, 0.15) is 64.6 Å². The fourth-order valence-electron chi connectivity index (χ4n) is 6.32. The summed E-state index contributed by atoms with van der Waals surface area (Å²) < 4.78 is 58.3. The van der Waals surface area contributed by atoms with Crippen LogP contribution in [0.15, 0.2) is 77.7 Å². The summed E-state index contributed by atoms with van der Waals surface area (Å²) in [6.45, 7) is 7.69.